The summed E-state index contributed by atoms with van der Waals surface area (Å²) in [6, 6.07) is 3.59. The molecule has 0 bridgehead atoms. The highest BCUT2D eigenvalue weighted by Gasteiger charge is 2.51. The van der Waals surface area contributed by atoms with Gasteiger partial charge in [0.05, 0.1) is 4.92 Å². The fraction of sp³-hybridized carbons (Fsp3) is 0.562. The van der Waals surface area contributed by atoms with E-state index >= 15 is 0 Å². The van der Waals surface area contributed by atoms with Gasteiger partial charge in [-0.25, -0.2) is 0 Å². The van der Waals surface area contributed by atoms with Crippen molar-refractivity contribution in [3.05, 3.63) is 27.8 Å². The van der Waals surface area contributed by atoms with Crippen molar-refractivity contribution in [3.8, 4) is 11.5 Å². The first-order valence-electron chi connectivity index (χ1n) is 7.82. The lowest BCUT2D eigenvalue weighted by Crippen LogP contribution is -2.46. The molecule has 1 aromatic carbocycles. The molecule has 7 nitrogen and oxygen atoms in total. The SMILES string of the molecule is CN1CC[C@]2(c3cc4c(c([N+](=O)[O-])c3)OCO4)CCC(=O)C[C@H]12. The lowest BCUT2D eigenvalue weighted by Gasteiger charge is -2.41. The zero-order valence-electron chi connectivity index (χ0n) is 12.9. The Morgan fingerprint density at radius 3 is 2.96 bits per heavy atom. The Kier molecular flexibility index (Phi) is 3.09. The Balaban J connectivity index is 1.85. The number of ketones is 1. The van der Waals surface area contributed by atoms with Crippen molar-refractivity contribution < 1.29 is 19.2 Å². The number of hydrogen-bond acceptors (Lipinski definition) is 6. The smallest absolute Gasteiger partial charge is 0.315 e. The largest absolute Gasteiger partial charge is 0.453 e. The highest BCUT2D eigenvalue weighted by molar-refractivity contribution is 5.81. The lowest BCUT2D eigenvalue weighted by molar-refractivity contribution is -0.385. The van der Waals surface area contributed by atoms with E-state index in [-0.39, 0.29) is 35.5 Å². The number of likely N-dealkylation sites (N-methyl/N-ethyl adjacent to an activating group) is 1. The van der Waals surface area contributed by atoms with E-state index in [2.05, 4.69) is 4.90 Å². The maximum Gasteiger partial charge on any atom is 0.315 e. The molecule has 3 aliphatic rings. The molecule has 7 heteroatoms. The van der Waals surface area contributed by atoms with E-state index in [1.54, 1.807) is 6.07 Å². The predicted molar refractivity (Wildman–Crippen MR) is 80.8 cm³/mol. The van der Waals surface area contributed by atoms with E-state index in [0.717, 1.165) is 24.9 Å². The summed E-state index contributed by atoms with van der Waals surface area (Å²) in [4.78, 5) is 25.1. The molecule has 1 saturated carbocycles. The van der Waals surface area contributed by atoms with E-state index < -0.39 is 4.92 Å². The van der Waals surface area contributed by atoms with E-state index in [1.807, 2.05) is 13.1 Å². The molecule has 0 N–H and O–H groups in total. The summed E-state index contributed by atoms with van der Waals surface area (Å²) >= 11 is 0. The first-order chi connectivity index (χ1) is 11.0. The molecule has 2 heterocycles. The number of nitro groups is 1. The van der Waals surface area contributed by atoms with Crippen LogP contribution < -0.4 is 9.47 Å². The molecule has 122 valence electrons. The molecule has 1 aromatic rings. The summed E-state index contributed by atoms with van der Waals surface area (Å²) < 4.78 is 10.7. The lowest BCUT2D eigenvalue weighted by atomic mass is 9.66. The second-order valence-electron chi connectivity index (χ2n) is 6.63. The van der Waals surface area contributed by atoms with Gasteiger partial charge in [-0.2, -0.15) is 0 Å². The average Bonchev–Trinajstić information content (AvgIpc) is 3.12. The van der Waals surface area contributed by atoms with Crippen LogP contribution in [0.3, 0.4) is 0 Å². The van der Waals surface area contributed by atoms with E-state index in [1.165, 1.54) is 0 Å². The van der Waals surface area contributed by atoms with Crippen molar-refractivity contribution in [2.45, 2.75) is 37.1 Å². The van der Waals surface area contributed by atoms with Crippen LogP contribution in [0.4, 0.5) is 5.69 Å². The molecule has 1 aliphatic carbocycles. The number of benzene rings is 1. The zero-order chi connectivity index (χ0) is 16.2. The number of nitrogens with zero attached hydrogens (tertiary/aromatic N) is 2. The highest BCUT2D eigenvalue weighted by Crippen LogP contribution is 2.51. The van der Waals surface area contributed by atoms with Crippen molar-refractivity contribution in [1.29, 1.82) is 0 Å². The van der Waals surface area contributed by atoms with E-state index in [0.29, 0.717) is 18.6 Å². The van der Waals surface area contributed by atoms with Crippen molar-refractivity contribution in [1.82, 2.24) is 4.90 Å². The highest BCUT2D eigenvalue weighted by atomic mass is 16.7. The van der Waals surface area contributed by atoms with Gasteiger partial charge in [0.2, 0.25) is 12.5 Å². The topological polar surface area (TPSA) is 81.9 Å². The Morgan fingerprint density at radius 1 is 1.35 bits per heavy atom. The van der Waals surface area contributed by atoms with Gasteiger partial charge in [-0.05, 0) is 38.1 Å². The summed E-state index contributed by atoms with van der Waals surface area (Å²) in [6.45, 7) is 0.897. The monoisotopic (exact) mass is 318 g/mol. The van der Waals surface area contributed by atoms with Crippen LogP contribution >= 0.6 is 0 Å². The third kappa shape index (κ3) is 2.03. The molecule has 0 spiro atoms. The van der Waals surface area contributed by atoms with Gasteiger partial charge >= 0.3 is 5.69 Å². The summed E-state index contributed by atoms with van der Waals surface area (Å²) in [5.74, 6) is 0.924. The van der Waals surface area contributed by atoms with Crippen LogP contribution in [0, 0.1) is 10.1 Å². The number of nitro benzene ring substituents is 1. The maximum absolute atomic E-state index is 11.9. The number of likely N-dealkylation sites (tertiary alicyclic amines) is 1. The average molecular weight is 318 g/mol. The molecule has 2 aliphatic heterocycles. The number of Topliss-reactive ketones (excluding diaryl/α,β-unsaturated/α-hetero) is 1. The summed E-state index contributed by atoms with van der Waals surface area (Å²) in [5, 5.41) is 11.4. The van der Waals surface area contributed by atoms with Crippen LogP contribution in [-0.2, 0) is 10.2 Å². The molecule has 4 rings (SSSR count). The summed E-state index contributed by atoms with van der Waals surface area (Å²) in [6.07, 6.45) is 2.68. The number of ether oxygens (including phenoxy) is 2. The van der Waals surface area contributed by atoms with E-state index in [4.69, 9.17) is 9.47 Å². The van der Waals surface area contributed by atoms with Crippen LogP contribution in [-0.4, -0.2) is 42.0 Å². The Morgan fingerprint density at radius 2 is 2.17 bits per heavy atom. The zero-order valence-corrected chi connectivity index (χ0v) is 12.9. The fourth-order valence-electron chi connectivity index (χ4n) is 4.34. The minimum atomic E-state index is -0.421. The molecular formula is C16H18N2O5. The Labute approximate surface area is 133 Å². The molecule has 0 amide bonds. The summed E-state index contributed by atoms with van der Waals surface area (Å²) in [5.41, 5.74) is 0.638. The van der Waals surface area contributed by atoms with Gasteiger partial charge < -0.3 is 14.4 Å². The molecular weight excluding hydrogens is 300 g/mol. The first kappa shape index (κ1) is 14.4. The first-order valence-corrected chi connectivity index (χ1v) is 7.82. The van der Waals surface area contributed by atoms with Crippen molar-refractivity contribution >= 4 is 11.5 Å². The molecule has 2 fully saturated rings. The molecule has 23 heavy (non-hydrogen) atoms. The van der Waals surface area contributed by atoms with Gasteiger partial charge in [0.1, 0.15) is 5.78 Å². The Bertz CT molecular complexity index is 704. The van der Waals surface area contributed by atoms with Gasteiger partial charge in [0.15, 0.2) is 5.75 Å². The van der Waals surface area contributed by atoms with Crippen LogP contribution in [0.25, 0.3) is 0 Å². The van der Waals surface area contributed by atoms with Crippen LogP contribution in [0.15, 0.2) is 12.1 Å². The molecule has 0 radical (unpaired) electrons. The third-order valence-electron chi connectivity index (χ3n) is 5.58. The number of carbonyl (C=O) groups is 1. The quantitative estimate of drug-likeness (QED) is 0.613. The van der Waals surface area contributed by atoms with Crippen molar-refractivity contribution in [3.63, 3.8) is 0 Å². The second-order valence-corrected chi connectivity index (χ2v) is 6.63. The van der Waals surface area contributed by atoms with Crippen LogP contribution in [0.5, 0.6) is 11.5 Å². The number of fused-ring (bicyclic) bond motifs is 2. The number of hydrogen-bond donors (Lipinski definition) is 0. The van der Waals surface area contributed by atoms with Gasteiger partial charge in [-0.3, -0.25) is 14.9 Å². The minimum Gasteiger partial charge on any atom is -0.453 e. The van der Waals surface area contributed by atoms with Gasteiger partial charge in [0, 0.05) is 30.4 Å². The minimum absolute atomic E-state index is 0.00838. The van der Waals surface area contributed by atoms with E-state index in [9.17, 15) is 14.9 Å². The molecule has 2 atom stereocenters. The maximum atomic E-state index is 11.9. The van der Waals surface area contributed by atoms with Gasteiger partial charge in [-0.15, -0.1) is 0 Å². The normalized spacial score (nSPS) is 29.6. The van der Waals surface area contributed by atoms with Gasteiger partial charge in [-0.1, -0.05) is 0 Å². The van der Waals surface area contributed by atoms with Crippen LogP contribution in [0.1, 0.15) is 31.2 Å². The Hall–Kier alpha value is -2.15. The number of carbonyl (C=O) groups excluding carboxylic acids is 1. The van der Waals surface area contributed by atoms with Crippen molar-refractivity contribution in [2.24, 2.45) is 0 Å². The number of rotatable bonds is 2. The van der Waals surface area contributed by atoms with Crippen molar-refractivity contribution in [2.75, 3.05) is 20.4 Å². The predicted octanol–water partition coefficient (Wildman–Crippen LogP) is 2.02. The standard InChI is InChI=1S/C16H18N2O5/c1-17-5-4-16(3-2-11(19)8-14(16)17)10-6-12(18(20)21)15-13(7-10)22-9-23-15/h6-7,14H,2-5,8-9H2,1H3/t14-,16-/m0/s1. The molecule has 0 unspecified atom stereocenters. The second kappa shape index (κ2) is 4.92. The fourth-order valence-corrected chi connectivity index (χ4v) is 4.34. The van der Waals surface area contributed by atoms with Gasteiger partial charge in [0.25, 0.3) is 0 Å². The van der Waals surface area contributed by atoms with Crippen LogP contribution in [0.2, 0.25) is 0 Å². The molecule has 0 aromatic heterocycles. The summed E-state index contributed by atoms with van der Waals surface area (Å²) in [7, 11) is 2.02. The molecule has 1 saturated heterocycles. The third-order valence-corrected chi connectivity index (χ3v) is 5.58.